The molecule has 7 heteroatoms. The van der Waals surface area contributed by atoms with Crippen LogP contribution in [0, 0.1) is 5.92 Å². The molecule has 1 saturated heterocycles. The molecule has 0 amide bonds. The predicted octanol–water partition coefficient (Wildman–Crippen LogP) is 0.678. The molecule has 1 fully saturated rings. The summed E-state index contributed by atoms with van der Waals surface area (Å²) in [6.07, 6.45) is 0. The maximum atomic E-state index is 11.8. The minimum absolute atomic E-state index is 0.00779. The van der Waals surface area contributed by atoms with E-state index in [1.807, 2.05) is 35.2 Å². The predicted molar refractivity (Wildman–Crippen MR) is 84.2 cm³/mol. The van der Waals surface area contributed by atoms with E-state index in [0.717, 1.165) is 5.56 Å². The van der Waals surface area contributed by atoms with Gasteiger partial charge in [-0.25, -0.2) is 12.7 Å². The maximum absolute atomic E-state index is 11.8. The Balaban J connectivity index is 2.07. The Labute approximate surface area is 131 Å². The van der Waals surface area contributed by atoms with Crippen molar-refractivity contribution >= 4 is 16.0 Å². The van der Waals surface area contributed by atoms with E-state index in [1.165, 1.54) is 18.4 Å². The van der Waals surface area contributed by atoms with Gasteiger partial charge in [0.05, 0.1) is 11.7 Å². The molecule has 1 aromatic carbocycles. The van der Waals surface area contributed by atoms with Gasteiger partial charge in [0.1, 0.15) is 0 Å². The standard InChI is InChI=1S/C15H22N2O4S/c1-16(2)22(20,21)9-8-17-10-13(14(11-17)15(18)19)12-6-4-3-5-7-12/h3-7,13-14H,8-11H2,1-2H3,(H,18,19)/t13-,14+/m1/s1. The highest BCUT2D eigenvalue weighted by Crippen LogP contribution is 2.32. The molecule has 6 nitrogen and oxygen atoms in total. The lowest BCUT2D eigenvalue weighted by atomic mass is 9.89. The van der Waals surface area contributed by atoms with Crippen molar-refractivity contribution in [1.82, 2.24) is 9.21 Å². The van der Waals surface area contributed by atoms with E-state index in [2.05, 4.69) is 0 Å². The molecule has 1 N–H and O–H groups in total. The van der Waals surface area contributed by atoms with Crippen LogP contribution in [0.1, 0.15) is 11.5 Å². The van der Waals surface area contributed by atoms with Gasteiger partial charge in [-0.05, 0) is 5.56 Å². The summed E-state index contributed by atoms with van der Waals surface area (Å²) >= 11 is 0. The molecule has 0 saturated carbocycles. The summed E-state index contributed by atoms with van der Waals surface area (Å²) in [6, 6.07) is 9.55. The number of hydrogen-bond donors (Lipinski definition) is 1. The summed E-state index contributed by atoms with van der Waals surface area (Å²) in [6.45, 7) is 1.31. The van der Waals surface area contributed by atoms with Crippen LogP contribution in [0.2, 0.25) is 0 Å². The molecule has 2 rings (SSSR count). The molecular formula is C15H22N2O4S. The number of carbonyl (C=O) groups is 1. The molecule has 0 spiro atoms. The van der Waals surface area contributed by atoms with Gasteiger partial charge in [-0.15, -0.1) is 0 Å². The SMILES string of the molecule is CN(C)S(=O)(=O)CCN1C[C@H](C(=O)O)[C@@H](c2ccccc2)C1. The van der Waals surface area contributed by atoms with Crippen molar-refractivity contribution in [3.05, 3.63) is 35.9 Å². The highest BCUT2D eigenvalue weighted by Gasteiger charge is 2.38. The Morgan fingerprint density at radius 1 is 1.27 bits per heavy atom. The lowest BCUT2D eigenvalue weighted by molar-refractivity contribution is -0.141. The summed E-state index contributed by atoms with van der Waals surface area (Å²) < 4.78 is 24.9. The Hall–Kier alpha value is -1.44. The van der Waals surface area contributed by atoms with Crippen molar-refractivity contribution in [2.24, 2.45) is 5.92 Å². The quantitative estimate of drug-likeness (QED) is 0.832. The summed E-state index contributed by atoms with van der Waals surface area (Å²) in [5.74, 6) is -1.41. The van der Waals surface area contributed by atoms with Crippen molar-refractivity contribution in [2.45, 2.75) is 5.92 Å². The number of carboxylic acids is 1. The van der Waals surface area contributed by atoms with Crippen LogP contribution in [-0.4, -0.2) is 68.2 Å². The molecule has 1 aromatic rings. The smallest absolute Gasteiger partial charge is 0.308 e. The minimum atomic E-state index is -3.26. The fourth-order valence-corrected chi connectivity index (χ4v) is 3.64. The summed E-state index contributed by atoms with van der Waals surface area (Å²) in [4.78, 5) is 13.4. The first-order chi connectivity index (χ1) is 10.3. The van der Waals surface area contributed by atoms with Crippen LogP contribution in [0.3, 0.4) is 0 Å². The fraction of sp³-hybridized carbons (Fsp3) is 0.533. The molecule has 1 heterocycles. The van der Waals surface area contributed by atoms with Crippen LogP contribution < -0.4 is 0 Å². The maximum Gasteiger partial charge on any atom is 0.308 e. The third-order valence-corrected chi connectivity index (χ3v) is 5.97. The number of carboxylic acid groups (broad SMARTS) is 1. The molecule has 122 valence electrons. The zero-order valence-electron chi connectivity index (χ0n) is 12.8. The van der Waals surface area contributed by atoms with Crippen LogP contribution in [0.5, 0.6) is 0 Å². The Morgan fingerprint density at radius 2 is 1.91 bits per heavy atom. The van der Waals surface area contributed by atoms with Crippen molar-refractivity contribution in [3.8, 4) is 0 Å². The number of hydrogen-bond acceptors (Lipinski definition) is 4. The molecule has 0 aromatic heterocycles. The van der Waals surface area contributed by atoms with Crippen molar-refractivity contribution < 1.29 is 18.3 Å². The van der Waals surface area contributed by atoms with E-state index in [9.17, 15) is 18.3 Å². The molecule has 0 aliphatic carbocycles. The number of rotatable bonds is 6. The third kappa shape index (κ3) is 3.85. The number of benzene rings is 1. The Morgan fingerprint density at radius 3 is 2.45 bits per heavy atom. The highest BCUT2D eigenvalue weighted by atomic mass is 32.2. The molecule has 0 radical (unpaired) electrons. The average molecular weight is 326 g/mol. The largest absolute Gasteiger partial charge is 0.481 e. The van der Waals surface area contributed by atoms with Crippen molar-refractivity contribution in [1.29, 1.82) is 0 Å². The molecule has 0 unspecified atom stereocenters. The zero-order chi connectivity index (χ0) is 16.3. The lowest BCUT2D eigenvalue weighted by Gasteiger charge is -2.18. The number of likely N-dealkylation sites (tertiary alicyclic amines) is 1. The van der Waals surface area contributed by atoms with Crippen LogP contribution in [0.25, 0.3) is 0 Å². The van der Waals surface area contributed by atoms with Gasteiger partial charge < -0.3 is 10.0 Å². The minimum Gasteiger partial charge on any atom is -0.481 e. The van der Waals surface area contributed by atoms with E-state index in [4.69, 9.17) is 0 Å². The van der Waals surface area contributed by atoms with Crippen LogP contribution in [-0.2, 0) is 14.8 Å². The highest BCUT2D eigenvalue weighted by molar-refractivity contribution is 7.89. The van der Waals surface area contributed by atoms with Gasteiger partial charge in [0.25, 0.3) is 0 Å². The van der Waals surface area contributed by atoms with E-state index in [1.54, 1.807) is 0 Å². The van der Waals surface area contributed by atoms with E-state index < -0.39 is 21.9 Å². The molecule has 22 heavy (non-hydrogen) atoms. The molecular weight excluding hydrogens is 304 g/mol. The molecule has 0 bridgehead atoms. The van der Waals surface area contributed by atoms with Crippen molar-refractivity contribution in [3.63, 3.8) is 0 Å². The topological polar surface area (TPSA) is 77.9 Å². The van der Waals surface area contributed by atoms with Crippen LogP contribution >= 0.6 is 0 Å². The lowest BCUT2D eigenvalue weighted by Crippen LogP contribution is -2.33. The van der Waals surface area contributed by atoms with Gasteiger partial charge in [-0.2, -0.15) is 0 Å². The van der Waals surface area contributed by atoms with Crippen molar-refractivity contribution in [2.75, 3.05) is 39.5 Å². The summed E-state index contributed by atoms with van der Waals surface area (Å²) in [5, 5.41) is 9.43. The third-order valence-electron chi connectivity index (χ3n) is 4.16. The number of aliphatic carboxylic acids is 1. The second-order valence-corrected chi connectivity index (χ2v) is 8.12. The Kier molecular flexibility index (Phi) is 5.20. The normalized spacial score (nSPS) is 23.0. The van der Waals surface area contributed by atoms with Crippen LogP contribution in [0.15, 0.2) is 30.3 Å². The zero-order valence-corrected chi connectivity index (χ0v) is 13.7. The van der Waals surface area contributed by atoms with Crippen LogP contribution in [0.4, 0.5) is 0 Å². The van der Waals surface area contributed by atoms with E-state index in [-0.39, 0.29) is 11.7 Å². The summed E-state index contributed by atoms with van der Waals surface area (Å²) in [5.41, 5.74) is 0.993. The fourth-order valence-electron chi connectivity index (χ4n) is 2.78. The number of nitrogens with zero attached hydrogens (tertiary/aromatic N) is 2. The molecule has 1 aliphatic heterocycles. The first-order valence-electron chi connectivity index (χ1n) is 7.21. The van der Waals surface area contributed by atoms with E-state index >= 15 is 0 Å². The number of sulfonamides is 1. The van der Waals surface area contributed by atoms with Gasteiger partial charge in [0.2, 0.25) is 10.0 Å². The van der Waals surface area contributed by atoms with Gasteiger partial charge in [0.15, 0.2) is 0 Å². The van der Waals surface area contributed by atoms with E-state index in [0.29, 0.717) is 19.6 Å². The second-order valence-electron chi connectivity index (χ2n) is 5.82. The van der Waals surface area contributed by atoms with Gasteiger partial charge in [0, 0.05) is 39.6 Å². The van der Waals surface area contributed by atoms with Gasteiger partial charge >= 0.3 is 5.97 Å². The first kappa shape index (κ1) is 16.9. The summed E-state index contributed by atoms with van der Waals surface area (Å²) in [7, 11) is -0.249. The molecule has 2 atom stereocenters. The second kappa shape index (κ2) is 6.76. The average Bonchev–Trinajstić information content (AvgIpc) is 2.90. The van der Waals surface area contributed by atoms with Gasteiger partial charge in [-0.1, -0.05) is 30.3 Å². The molecule has 1 aliphatic rings. The Bertz CT molecular complexity index is 616. The van der Waals surface area contributed by atoms with Gasteiger partial charge in [-0.3, -0.25) is 4.79 Å². The monoisotopic (exact) mass is 326 g/mol. The first-order valence-corrected chi connectivity index (χ1v) is 8.82.